The molecule has 0 fully saturated rings. The molecule has 2 atom stereocenters. The Hall–Kier alpha value is -4.95. The minimum Gasteiger partial charge on any atom is -0.494 e. The Labute approximate surface area is 286 Å². The van der Waals surface area contributed by atoms with Crippen LogP contribution >= 0.6 is 15.9 Å². The second-order valence-corrected chi connectivity index (χ2v) is 11.9. The molecule has 0 spiro atoms. The minimum atomic E-state index is -4.77. The molecule has 1 heterocycles. The van der Waals surface area contributed by atoms with E-state index < -0.39 is 35.1 Å². The zero-order chi connectivity index (χ0) is 35.0. The van der Waals surface area contributed by atoms with Gasteiger partial charge in [-0.15, -0.1) is 0 Å². The van der Waals surface area contributed by atoms with Crippen molar-refractivity contribution in [3.63, 3.8) is 0 Å². The number of nitrogens with one attached hydrogen (secondary N) is 2. The van der Waals surface area contributed by atoms with Crippen LogP contribution in [0.1, 0.15) is 40.3 Å². The molecule has 3 N–H and O–H groups in total. The maximum absolute atomic E-state index is 14.4. The predicted molar refractivity (Wildman–Crippen MR) is 176 cm³/mol. The lowest BCUT2D eigenvalue weighted by Gasteiger charge is -2.31. The van der Waals surface area contributed by atoms with Crippen molar-refractivity contribution in [1.29, 1.82) is 0 Å². The predicted octanol–water partition coefficient (Wildman–Crippen LogP) is 7.63. The number of ether oxygens (including phenoxy) is 2. The van der Waals surface area contributed by atoms with E-state index in [1.807, 2.05) is 0 Å². The Kier molecular flexibility index (Phi) is 11.2. The van der Waals surface area contributed by atoms with Crippen LogP contribution in [0.2, 0.25) is 0 Å². The Morgan fingerprint density at radius 3 is 2.51 bits per heavy atom. The normalized spacial score (nSPS) is 17.1. The summed E-state index contributed by atoms with van der Waals surface area (Å²) >= 11 is 3.42. The van der Waals surface area contributed by atoms with Crippen LogP contribution < -0.4 is 15.6 Å². The van der Waals surface area contributed by atoms with E-state index in [1.54, 1.807) is 72.8 Å². The maximum atomic E-state index is 14.4. The molecule has 1 amide bonds. The van der Waals surface area contributed by atoms with Crippen molar-refractivity contribution in [3.05, 3.63) is 140 Å². The molecule has 254 valence electrons. The van der Waals surface area contributed by atoms with E-state index in [0.717, 1.165) is 16.6 Å². The van der Waals surface area contributed by atoms with Gasteiger partial charge in [0.05, 0.1) is 12.2 Å². The number of benzene rings is 4. The largest absolute Gasteiger partial charge is 0.494 e. The third-order valence-corrected chi connectivity index (χ3v) is 8.11. The molecule has 0 saturated carbocycles. The highest BCUT2D eigenvalue weighted by atomic mass is 79.9. The summed E-state index contributed by atoms with van der Waals surface area (Å²) in [7, 11) is 0. The second-order valence-electron chi connectivity index (χ2n) is 11.0. The highest BCUT2D eigenvalue weighted by molar-refractivity contribution is 9.10. The van der Waals surface area contributed by atoms with Crippen molar-refractivity contribution in [2.24, 2.45) is 10.1 Å². The number of carbonyl (C=O) groups excluding carboxylic acids is 1. The number of rotatable bonds is 13. The molecule has 1 aliphatic heterocycles. The SMILES string of the molecule is [N-]=[N+]=Nc1ccccc1C[C@]1(C(=O)NNCc2cc(F)cc(C(F)(F)F)c2)N=C(c2ccc(OCCCO)cc2)O[C@H]1c1ccc(Br)cc1. The smallest absolute Gasteiger partial charge is 0.416 e. The number of alkyl halides is 3. The molecule has 10 nitrogen and oxygen atoms in total. The summed E-state index contributed by atoms with van der Waals surface area (Å²) < 4.78 is 66.8. The molecule has 0 unspecified atom stereocenters. The Morgan fingerprint density at radius 1 is 1.08 bits per heavy atom. The van der Waals surface area contributed by atoms with Gasteiger partial charge in [-0.3, -0.25) is 10.2 Å². The van der Waals surface area contributed by atoms with Crippen molar-refractivity contribution >= 4 is 33.4 Å². The Morgan fingerprint density at radius 2 is 1.82 bits per heavy atom. The lowest BCUT2D eigenvalue weighted by molar-refractivity contribution is -0.138. The van der Waals surface area contributed by atoms with Crippen LogP contribution in [0.5, 0.6) is 5.75 Å². The fourth-order valence-electron chi connectivity index (χ4n) is 5.27. The topological polar surface area (TPSA) is 141 Å². The zero-order valence-electron chi connectivity index (χ0n) is 25.6. The number of amides is 1. The molecular weight excluding hydrogens is 712 g/mol. The Bertz CT molecular complexity index is 1870. The van der Waals surface area contributed by atoms with Gasteiger partial charge >= 0.3 is 6.18 Å². The van der Waals surface area contributed by atoms with Crippen molar-refractivity contribution < 1.29 is 36.9 Å². The minimum absolute atomic E-state index is 0.0151. The third kappa shape index (κ3) is 8.56. The maximum Gasteiger partial charge on any atom is 0.416 e. The van der Waals surface area contributed by atoms with Crippen LogP contribution in [0.3, 0.4) is 0 Å². The lowest BCUT2D eigenvalue weighted by Crippen LogP contribution is -2.53. The van der Waals surface area contributed by atoms with Gasteiger partial charge in [0.25, 0.3) is 5.91 Å². The van der Waals surface area contributed by atoms with E-state index in [9.17, 15) is 27.9 Å². The molecule has 4 aromatic carbocycles. The number of aliphatic hydroxyl groups is 1. The molecular formula is C34H29BrF4N6O4. The second kappa shape index (κ2) is 15.5. The van der Waals surface area contributed by atoms with E-state index in [4.69, 9.17) is 19.6 Å². The van der Waals surface area contributed by atoms with Gasteiger partial charge in [-0.25, -0.2) is 14.8 Å². The van der Waals surface area contributed by atoms with Crippen LogP contribution in [-0.2, 0) is 28.7 Å². The average molecular weight is 742 g/mol. The standard InChI is InChI=1S/C34H29BrF4N6O4/c35-26-10-6-22(7-11-26)30-33(19-24-4-1-2-5-29(24)43-45-40,42-31(49-30)23-8-12-28(13-9-23)48-15-3-14-46)32(47)44-41-20-21-16-25(34(37,38)39)18-27(36)17-21/h1-2,4-13,16-18,30,41,46H,3,14-15,19-20H2,(H,44,47)/t30-,33-/m0/s1. The number of azide groups is 1. The van der Waals surface area contributed by atoms with Crippen LogP contribution in [0.15, 0.2) is 106 Å². The van der Waals surface area contributed by atoms with Crippen molar-refractivity contribution in [3.8, 4) is 5.75 Å². The summed E-state index contributed by atoms with van der Waals surface area (Å²) in [6.45, 7) is -0.0537. The molecule has 4 aromatic rings. The summed E-state index contributed by atoms with van der Waals surface area (Å²) in [6, 6.07) is 22.6. The fraction of sp³-hybridized carbons (Fsp3) is 0.235. The van der Waals surface area contributed by atoms with E-state index in [0.29, 0.717) is 41.5 Å². The number of nitrogens with zero attached hydrogens (tertiary/aromatic N) is 4. The van der Waals surface area contributed by atoms with E-state index in [-0.39, 0.29) is 36.7 Å². The van der Waals surface area contributed by atoms with Crippen LogP contribution in [0.4, 0.5) is 23.2 Å². The summed E-state index contributed by atoms with van der Waals surface area (Å²) in [5.41, 5.74) is 13.2. The number of carbonyl (C=O) groups is 1. The van der Waals surface area contributed by atoms with Crippen LogP contribution in [0.25, 0.3) is 10.4 Å². The first-order valence-corrected chi connectivity index (χ1v) is 15.7. The molecule has 0 bridgehead atoms. The molecule has 0 saturated heterocycles. The quantitative estimate of drug-likeness (QED) is 0.0323. The van der Waals surface area contributed by atoms with E-state index >= 15 is 0 Å². The summed E-state index contributed by atoms with van der Waals surface area (Å²) in [5, 5.41) is 12.8. The van der Waals surface area contributed by atoms with E-state index in [2.05, 4.69) is 36.8 Å². The highest BCUT2D eigenvalue weighted by Gasteiger charge is 2.53. The van der Waals surface area contributed by atoms with Gasteiger partial charge in [-0.05, 0) is 76.8 Å². The molecule has 0 aliphatic carbocycles. The van der Waals surface area contributed by atoms with Crippen molar-refractivity contribution in [1.82, 2.24) is 10.9 Å². The highest BCUT2D eigenvalue weighted by Crippen LogP contribution is 2.44. The van der Waals surface area contributed by atoms with Gasteiger partial charge in [0.2, 0.25) is 5.90 Å². The Balaban J connectivity index is 1.54. The fourth-order valence-corrected chi connectivity index (χ4v) is 5.53. The number of hydrazine groups is 1. The summed E-state index contributed by atoms with van der Waals surface area (Å²) in [5.74, 6) is -1.14. The first kappa shape index (κ1) is 35.4. The third-order valence-electron chi connectivity index (χ3n) is 7.59. The molecule has 1 aliphatic rings. The monoisotopic (exact) mass is 740 g/mol. The summed E-state index contributed by atoms with van der Waals surface area (Å²) in [4.78, 5) is 22.2. The van der Waals surface area contributed by atoms with Gasteiger partial charge in [0.1, 0.15) is 11.6 Å². The van der Waals surface area contributed by atoms with Gasteiger partial charge < -0.3 is 14.6 Å². The van der Waals surface area contributed by atoms with Crippen LogP contribution in [-0.4, -0.2) is 35.7 Å². The molecule has 49 heavy (non-hydrogen) atoms. The number of halogens is 5. The van der Waals surface area contributed by atoms with Gasteiger partial charge in [-0.2, -0.15) is 13.2 Å². The molecule has 15 heteroatoms. The average Bonchev–Trinajstić information content (AvgIpc) is 3.46. The number of hydrogen-bond acceptors (Lipinski definition) is 7. The van der Waals surface area contributed by atoms with Crippen molar-refractivity contribution in [2.45, 2.75) is 37.2 Å². The zero-order valence-corrected chi connectivity index (χ0v) is 27.2. The number of aliphatic imine (C=N–C) groups is 1. The van der Waals surface area contributed by atoms with Gasteiger partial charge in [-0.1, -0.05) is 57.4 Å². The van der Waals surface area contributed by atoms with Gasteiger partial charge in [0, 0.05) is 46.6 Å². The number of aliphatic hydroxyl groups excluding tert-OH is 1. The number of hydrogen-bond donors (Lipinski definition) is 3. The van der Waals surface area contributed by atoms with Crippen molar-refractivity contribution in [2.75, 3.05) is 13.2 Å². The first-order valence-electron chi connectivity index (χ1n) is 14.9. The molecule has 0 radical (unpaired) electrons. The van der Waals surface area contributed by atoms with Crippen LogP contribution in [0, 0.1) is 5.82 Å². The van der Waals surface area contributed by atoms with E-state index in [1.165, 1.54) is 0 Å². The van der Waals surface area contributed by atoms with Gasteiger partial charge in [0.15, 0.2) is 11.6 Å². The summed E-state index contributed by atoms with van der Waals surface area (Å²) in [6.07, 6.45) is -5.47. The molecule has 5 rings (SSSR count). The first-order chi connectivity index (χ1) is 23.5. The lowest BCUT2D eigenvalue weighted by atomic mass is 9.81. The molecule has 0 aromatic heterocycles.